The average molecular weight is 295 g/mol. The zero-order valence-electron chi connectivity index (χ0n) is 13.5. The number of carbonyl (C=O) groups is 2. The Morgan fingerprint density at radius 2 is 1.86 bits per heavy atom. The highest BCUT2D eigenvalue weighted by atomic mass is 16.2. The van der Waals surface area contributed by atoms with Crippen molar-refractivity contribution in [1.29, 1.82) is 0 Å². The first-order valence-electron chi connectivity index (χ1n) is 8.29. The lowest BCUT2D eigenvalue weighted by Crippen LogP contribution is -2.53. The maximum absolute atomic E-state index is 12.4. The largest absolute Gasteiger partial charge is 0.352 e. The molecule has 2 aliphatic rings. The molecule has 0 aromatic carbocycles. The minimum atomic E-state index is 0.0459. The Balaban J connectivity index is 1.79. The van der Waals surface area contributed by atoms with E-state index >= 15 is 0 Å². The van der Waals surface area contributed by atoms with Gasteiger partial charge in [-0.2, -0.15) is 0 Å². The number of nitrogens with one attached hydrogen (secondary N) is 2. The Bertz CT molecular complexity index is 376. The van der Waals surface area contributed by atoms with Crippen LogP contribution in [0.5, 0.6) is 0 Å². The second-order valence-electron chi connectivity index (χ2n) is 6.84. The summed E-state index contributed by atoms with van der Waals surface area (Å²) in [7, 11) is 0. The van der Waals surface area contributed by atoms with Crippen LogP contribution in [-0.4, -0.2) is 48.9 Å². The molecule has 2 fully saturated rings. The van der Waals surface area contributed by atoms with E-state index in [9.17, 15) is 9.59 Å². The van der Waals surface area contributed by atoms with Crippen LogP contribution in [0.4, 0.5) is 0 Å². The van der Waals surface area contributed by atoms with Crippen molar-refractivity contribution in [2.24, 2.45) is 17.8 Å². The predicted molar refractivity (Wildman–Crippen MR) is 82.7 cm³/mol. The second-order valence-corrected chi connectivity index (χ2v) is 6.84. The monoisotopic (exact) mass is 295 g/mol. The van der Waals surface area contributed by atoms with Crippen molar-refractivity contribution >= 4 is 11.8 Å². The third-order valence-corrected chi connectivity index (χ3v) is 4.83. The summed E-state index contributed by atoms with van der Waals surface area (Å²) in [6, 6.07) is 0.251. The average Bonchev–Trinajstić information content (AvgIpc) is 2.49. The molecule has 2 rings (SSSR count). The highest BCUT2D eigenvalue weighted by Gasteiger charge is 2.30. The Labute approximate surface area is 127 Å². The van der Waals surface area contributed by atoms with Gasteiger partial charge in [-0.3, -0.25) is 9.59 Å². The van der Waals surface area contributed by atoms with Crippen molar-refractivity contribution in [3.63, 3.8) is 0 Å². The predicted octanol–water partition coefficient (Wildman–Crippen LogP) is 0.995. The van der Waals surface area contributed by atoms with Gasteiger partial charge in [0.1, 0.15) is 0 Å². The lowest BCUT2D eigenvalue weighted by molar-refractivity contribution is -0.138. The fraction of sp³-hybridized carbons (Fsp3) is 0.875. The van der Waals surface area contributed by atoms with Gasteiger partial charge in [-0.1, -0.05) is 20.8 Å². The van der Waals surface area contributed by atoms with E-state index in [-0.39, 0.29) is 29.7 Å². The summed E-state index contributed by atoms with van der Waals surface area (Å²) in [6.07, 6.45) is 2.70. The minimum absolute atomic E-state index is 0.0459. The topological polar surface area (TPSA) is 61.4 Å². The van der Waals surface area contributed by atoms with Gasteiger partial charge in [0.05, 0.1) is 0 Å². The van der Waals surface area contributed by atoms with Crippen LogP contribution in [0.25, 0.3) is 0 Å². The molecule has 0 bridgehead atoms. The summed E-state index contributed by atoms with van der Waals surface area (Å²) in [5.74, 6) is 1.03. The van der Waals surface area contributed by atoms with Crippen LogP contribution in [0.15, 0.2) is 0 Å². The Kier molecular flexibility index (Phi) is 5.62. The molecule has 2 aliphatic heterocycles. The number of carbonyl (C=O) groups excluding carboxylic acids is 2. The second kappa shape index (κ2) is 7.25. The Morgan fingerprint density at radius 3 is 2.43 bits per heavy atom. The fourth-order valence-electron chi connectivity index (χ4n) is 3.21. The van der Waals surface area contributed by atoms with E-state index in [1.54, 1.807) is 0 Å². The highest BCUT2D eigenvalue weighted by molar-refractivity contribution is 5.81. The highest BCUT2D eigenvalue weighted by Crippen LogP contribution is 2.20. The Morgan fingerprint density at radius 1 is 1.19 bits per heavy atom. The molecule has 2 amide bonds. The lowest BCUT2D eigenvalue weighted by Gasteiger charge is -2.35. The van der Waals surface area contributed by atoms with Gasteiger partial charge in [-0.15, -0.1) is 0 Å². The molecule has 0 spiro atoms. The number of hydrogen-bond donors (Lipinski definition) is 2. The summed E-state index contributed by atoms with van der Waals surface area (Å²) in [4.78, 5) is 26.2. The molecule has 5 heteroatoms. The van der Waals surface area contributed by atoms with Gasteiger partial charge in [0.25, 0.3) is 0 Å². The molecule has 2 atom stereocenters. The van der Waals surface area contributed by atoms with Crippen molar-refractivity contribution in [2.45, 2.75) is 46.1 Å². The maximum Gasteiger partial charge on any atom is 0.225 e. The summed E-state index contributed by atoms with van der Waals surface area (Å²) in [5, 5.41) is 6.54. The first kappa shape index (κ1) is 16.3. The third kappa shape index (κ3) is 4.19. The van der Waals surface area contributed by atoms with Crippen molar-refractivity contribution in [3.8, 4) is 0 Å². The number of likely N-dealkylation sites (tertiary alicyclic amines) is 1. The van der Waals surface area contributed by atoms with Crippen LogP contribution < -0.4 is 10.6 Å². The third-order valence-electron chi connectivity index (χ3n) is 4.83. The molecule has 5 nitrogen and oxygen atoms in total. The molecule has 0 radical (unpaired) electrons. The van der Waals surface area contributed by atoms with Crippen LogP contribution in [0.3, 0.4) is 0 Å². The molecule has 0 aliphatic carbocycles. The SMILES string of the molecule is CC(C)C(=O)N1CCC(C(=O)NC2CNCCC2C)CC1. The number of amides is 2. The quantitative estimate of drug-likeness (QED) is 0.816. The van der Waals surface area contributed by atoms with Gasteiger partial charge >= 0.3 is 0 Å². The van der Waals surface area contributed by atoms with E-state index in [1.165, 1.54) is 0 Å². The van der Waals surface area contributed by atoms with Crippen molar-refractivity contribution < 1.29 is 9.59 Å². The fourth-order valence-corrected chi connectivity index (χ4v) is 3.21. The number of nitrogens with zero attached hydrogens (tertiary/aromatic N) is 1. The molecule has 120 valence electrons. The number of rotatable bonds is 3. The van der Waals surface area contributed by atoms with Crippen molar-refractivity contribution in [3.05, 3.63) is 0 Å². The van der Waals surface area contributed by atoms with Crippen LogP contribution >= 0.6 is 0 Å². The van der Waals surface area contributed by atoms with Crippen LogP contribution in [0.1, 0.15) is 40.0 Å². The van der Waals surface area contributed by atoms with E-state index < -0.39 is 0 Å². The molecule has 2 unspecified atom stereocenters. The van der Waals surface area contributed by atoms with Crippen LogP contribution in [0.2, 0.25) is 0 Å². The molecule has 0 saturated carbocycles. The minimum Gasteiger partial charge on any atom is -0.352 e. The molecule has 0 aromatic rings. The van der Waals surface area contributed by atoms with E-state index in [4.69, 9.17) is 0 Å². The zero-order chi connectivity index (χ0) is 15.4. The maximum atomic E-state index is 12.4. The smallest absolute Gasteiger partial charge is 0.225 e. The van der Waals surface area contributed by atoms with E-state index in [2.05, 4.69) is 17.6 Å². The molecular formula is C16H29N3O2. The lowest BCUT2D eigenvalue weighted by atomic mass is 9.91. The molecule has 2 saturated heterocycles. The van der Waals surface area contributed by atoms with Crippen LogP contribution in [0, 0.1) is 17.8 Å². The first-order valence-corrected chi connectivity index (χ1v) is 8.29. The van der Waals surface area contributed by atoms with E-state index in [1.807, 2.05) is 18.7 Å². The van der Waals surface area contributed by atoms with Crippen LogP contribution in [-0.2, 0) is 9.59 Å². The van der Waals surface area contributed by atoms with Crippen molar-refractivity contribution in [2.75, 3.05) is 26.2 Å². The molecule has 0 aromatic heterocycles. The number of hydrogen-bond acceptors (Lipinski definition) is 3. The van der Waals surface area contributed by atoms with Gasteiger partial charge < -0.3 is 15.5 Å². The van der Waals surface area contributed by atoms with E-state index in [0.29, 0.717) is 19.0 Å². The zero-order valence-corrected chi connectivity index (χ0v) is 13.5. The van der Waals surface area contributed by atoms with Gasteiger partial charge in [0.2, 0.25) is 11.8 Å². The molecular weight excluding hydrogens is 266 g/mol. The first-order chi connectivity index (χ1) is 9.99. The summed E-state index contributed by atoms with van der Waals surface area (Å²) in [6.45, 7) is 9.41. The molecule has 21 heavy (non-hydrogen) atoms. The van der Waals surface area contributed by atoms with Gasteiger partial charge in [-0.25, -0.2) is 0 Å². The number of piperidine rings is 2. The molecule has 2 heterocycles. The van der Waals surface area contributed by atoms with Gasteiger partial charge in [0, 0.05) is 37.5 Å². The molecule has 2 N–H and O–H groups in total. The van der Waals surface area contributed by atoms with Gasteiger partial charge in [-0.05, 0) is 31.7 Å². The van der Waals surface area contributed by atoms with Gasteiger partial charge in [0.15, 0.2) is 0 Å². The Hall–Kier alpha value is -1.10. The normalized spacial score (nSPS) is 27.7. The standard InChI is InChI=1S/C16H29N3O2/c1-11(2)16(21)19-8-5-13(6-9-19)15(20)18-14-10-17-7-4-12(14)3/h11-14,17H,4-10H2,1-3H3,(H,18,20). The summed E-state index contributed by atoms with van der Waals surface area (Å²) < 4.78 is 0. The van der Waals surface area contributed by atoms with Crippen molar-refractivity contribution in [1.82, 2.24) is 15.5 Å². The summed E-state index contributed by atoms with van der Waals surface area (Å²) >= 11 is 0. The van der Waals surface area contributed by atoms with E-state index in [0.717, 1.165) is 32.4 Å². The summed E-state index contributed by atoms with van der Waals surface area (Å²) in [5.41, 5.74) is 0.